The topological polar surface area (TPSA) is 56.1 Å². The minimum atomic E-state index is -0.137. The summed E-state index contributed by atoms with van der Waals surface area (Å²) in [6, 6.07) is 24.6. The maximum Gasteiger partial charge on any atom is 0.244 e. The molecule has 0 aliphatic heterocycles. The van der Waals surface area contributed by atoms with Crippen LogP contribution < -0.4 is 10.1 Å². The molecule has 0 saturated heterocycles. The maximum atomic E-state index is 12.4. The summed E-state index contributed by atoms with van der Waals surface area (Å²) in [6.45, 7) is 0.491. The summed E-state index contributed by atoms with van der Waals surface area (Å²) in [5.74, 6) is 0.574. The number of hydrogen-bond acceptors (Lipinski definition) is 3. The van der Waals surface area contributed by atoms with Crippen LogP contribution in [0.5, 0.6) is 5.75 Å². The van der Waals surface area contributed by atoms with Crippen LogP contribution in [-0.4, -0.2) is 22.6 Å². The third kappa shape index (κ3) is 6.20. The molecule has 33 heavy (non-hydrogen) atoms. The SMILES string of the molecule is COc1cc(C=CC(=O)NCc2cccc(CCc3ccccc3)c2)ccc1-n1ccnc1. The number of aryl methyl sites for hydroxylation is 2. The Labute approximate surface area is 194 Å². The van der Waals surface area contributed by atoms with Crippen LogP contribution in [0.4, 0.5) is 0 Å². The minimum absolute atomic E-state index is 0.137. The second-order valence-electron chi connectivity index (χ2n) is 7.76. The Hall–Kier alpha value is -4.12. The van der Waals surface area contributed by atoms with Gasteiger partial charge in [-0.05, 0) is 53.3 Å². The third-order valence-electron chi connectivity index (χ3n) is 5.42. The molecule has 0 atom stereocenters. The molecule has 1 heterocycles. The fourth-order valence-corrected chi connectivity index (χ4v) is 3.66. The summed E-state index contributed by atoms with van der Waals surface area (Å²) in [4.78, 5) is 16.4. The van der Waals surface area contributed by atoms with Gasteiger partial charge in [-0.3, -0.25) is 4.79 Å². The molecule has 0 unspecified atom stereocenters. The van der Waals surface area contributed by atoms with Gasteiger partial charge in [0, 0.05) is 25.0 Å². The van der Waals surface area contributed by atoms with Crippen LogP contribution in [0.3, 0.4) is 0 Å². The van der Waals surface area contributed by atoms with Crippen LogP contribution in [0.15, 0.2) is 97.6 Å². The Kier molecular flexibility index (Phi) is 7.33. The van der Waals surface area contributed by atoms with E-state index in [0.29, 0.717) is 12.3 Å². The largest absolute Gasteiger partial charge is 0.495 e. The average Bonchev–Trinajstić information content (AvgIpc) is 3.40. The number of benzene rings is 3. The molecule has 4 rings (SSSR count). The van der Waals surface area contributed by atoms with Crippen LogP contribution in [0.2, 0.25) is 0 Å². The van der Waals surface area contributed by atoms with Crippen LogP contribution in [0.1, 0.15) is 22.3 Å². The molecule has 0 fully saturated rings. The van der Waals surface area contributed by atoms with Crippen molar-refractivity contribution in [2.75, 3.05) is 7.11 Å². The van der Waals surface area contributed by atoms with Gasteiger partial charge in [0.05, 0.1) is 19.1 Å². The zero-order chi connectivity index (χ0) is 22.9. The highest BCUT2D eigenvalue weighted by Crippen LogP contribution is 2.24. The van der Waals surface area contributed by atoms with E-state index in [2.05, 4.69) is 46.7 Å². The number of carbonyl (C=O) groups excluding carboxylic acids is 1. The normalized spacial score (nSPS) is 10.9. The lowest BCUT2D eigenvalue weighted by molar-refractivity contribution is -0.116. The van der Waals surface area contributed by atoms with Gasteiger partial charge in [0.15, 0.2) is 0 Å². The highest BCUT2D eigenvalue weighted by Gasteiger charge is 2.06. The van der Waals surface area contributed by atoms with E-state index in [9.17, 15) is 4.79 Å². The van der Waals surface area contributed by atoms with Crippen molar-refractivity contribution in [2.45, 2.75) is 19.4 Å². The molecule has 0 saturated carbocycles. The molecule has 4 aromatic rings. The first-order valence-corrected chi connectivity index (χ1v) is 11.0. The summed E-state index contributed by atoms with van der Waals surface area (Å²) in [7, 11) is 1.63. The van der Waals surface area contributed by atoms with Crippen LogP contribution in [0, 0.1) is 0 Å². The van der Waals surface area contributed by atoms with Crippen LogP contribution >= 0.6 is 0 Å². The molecule has 0 aliphatic rings. The summed E-state index contributed by atoms with van der Waals surface area (Å²) in [5, 5.41) is 2.96. The van der Waals surface area contributed by atoms with E-state index in [4.69, 9.17) is 4.74 Å². The summed E-state index contributed by atoms with van der Waals surface area (Å²) < 4.78 is 7.38. The van der Waals surface area contributed by atoms with Gasteiger partial charge in [-0.1, -0.05) is 60.7 Å². The number of methoxy groups -OCH3 is 1. The Balaban J connectivity index is 1.32. The highest BCUT2D eigenvalue weighted by molar-refractivity contribution is 5.91. The molecule has 1 aromatic heterocycles. The van der Waals surface area contributed by atoms with E-state index in [1.54, 1.807) is 31.8 Å². The van der Waals surface area contributed by atoms with E-state index in [0.717, 1.165) is 29.7 Å². The van der Waals surface area contributed by atoms with Gasteiger partial charge in [-0.25, -0.2) is 4.98 Å². The smallest absolute Gasteiger partial charge is 0.244 e. The molecular formula is C28H27N3O2. The van der Waals surface area contributed by atoms with Gasteiger partial charge in [-0.2, -0.15) is 0 Å². The predicted octanol–water partition coefficient (Wildman–Crippen LogP) is 5.00. The molecule has 0 bridgehead atoms. The van der Waals surface area contributed by atoms with Crippen LogP contribution in [-0.2, 0) is 24.2 Å². The van der Waals surface area contributed by atoms with Crippen molar-refractivity contribution in [3.8, 4) is 11.4 Å². The van der Waals surface area contributed by atoms with Gasteiger partial charge in [0.25, 0.3) is 0 Å². The second-order valence-corrected chi connectivity index (χ2v) is 7.76. The number of nitrogens with zero attached hydrogens (tertiary/aromatic N) is 2. The quantitative estimate of drug-likeness (QED) is 0.375. The summed E-state index contributed by atoms with van der Waals surface area (Å²) in [6.07, 6.45) is 10.6. The Morgan fingerprint density at radius 1 is 0.970 bits per heavy atom. The molecule has 1 amide bonds. The van der Waals surface area contributed by atoms with Crippen molar-refractivity contribution in [3.63, 3.8) is 0 Å². The highest BCUT2D eigenvalue weighted by atomic mass is 16.5. The monoisotopic (exact) mass is 437 g/mol. The van der Waals surface area contributed by atoms with E-state index < -0.39 is 0 Å². The number of imidazole rings is 1. The van der Waals surface area contributed by atoms with Crippen molar-refractivity contribution >= 4 is 12.0 Å². The fraction of sp³-hybridized carbons (Fsp3) is 0.143. The lowest BCUT2D eigenvalue weighted by atomic mass is 10.0. The molecule has 1 N–H and O–H groups in total. The number of aromatic nitrogens is 2. The number of nitrogens with one attached hydrogen (secondary N) is 1. The van der Waals surface area contributed by atoms with Gasteiger partial charge in [0.1, 0.15) is 5.75 Å². The number of carbonyl (C=O) groups is 1. The fourth-order valence-electron chi connectivity index (χ4n) is 3.66. The zero-order valence-corrected chi connectivity index (χ0v) is 18.6. The van der Waals surface area contributed by atoms with Gasteiger partial charge in [0.2, 0.25) is 5.91 Å². The molecule has 5 nitrogen and oxygen atoms in total. The maximum absolute atomic E-state index is 12.4. The number of rotatable bonds is 9. The Morgan fingerprint density at radius 2 is 1.76 bits per heavy atom. The van der Waals surface area contributed by atoms with Crippen molar-refractivity contribution in [2.24, 2.45) is 0 Å². The van der Waals surface area contributed by atoms with Crippen molar-refractivity contribution < 1.29 is 9.53 Å². The number of hydrogen-bond donors (Lipinski definition) is 1. The lowest BCUT2D eigenvalue weighted by Gasteiger charge is -2.10. The summed E-state index contributed by atoms with van der Waals surface area (Å²) in [5.41, 5.74) is 5.47. The second kappa shape index (κ2) is 11.0. The minimum Gasteiger partial charge on any atom is -0.495 e. The molecule has 0 radical (unpaired) electrons. The summed E-state index contributed by atoms with van der Waals surface area (Å²) >= 11 is 0. The Bertz CT molecular complexity index is 1220. The van der Waals surface area contributed by atoms with Gasteiger partial charge < -0.3 is 14.6 Å². The van der Waals surface area contributed by atoms with E-state index >= 15 is 0 Å². The molecule has 3 aromatic carbocycles. The lowest BCUT2D eigenvalue weighted by Crippen LogP contribution is -2.20. The van der Waals surface area contributed by atoms with Crippen molar-refractivity contribution in [1.82, 2.24) is 14.9 Å². The first-order chi connectivity index (χ1) is 16.2. The predicted molar refractivity (Wildman–Crippen MR) is 131 cm³/mol. The number of ether oxygens (including phenoxy) is 1. The van der Waals surface area contributed by atoms with Gasteiger partial charge >= 0.3 is 0 Å². The molecule has 166 valence electrons. The number of amides is 1. The molecular weight excluding hydrogens is 410 g/mol. The molecule has 0 aliphatic carbocycles. The van der Waals surface area contributed by atoms with Crippen LogP contribution in [0.25, 0.3) is 11.8 Å². The van der Waals surface area contributed by atoms with E-state index in [1.807, 2.05) is 47.2 Å². The first kappa shape index (κ1) is 22.1. The third-order valence-corrected chi connectivity index (χ3v) is 5.42. The molecule has 0 spiro atoms. The van der Waals surface area contributed by atoms with Gasteiger partial charge in [-0.15, -0.1) is 0 Å². The first-order valence-electron chi connectivity index (χ1n) is 11.0. The standard InChI is InChI=1S/C28H27N3O2/c1-33-27-19-24(12-14-26(27)31-17-16-29-21-31)13-15-28(32)30-20-25-9-5-8-23(18-25)11-10-22-6-3-2-4-7-22/h2-9,12-19,21H,10-11,20H2,1H3,(H,30,32). The zero-order valence-electron chi connectivity index (χ0n) is 18.6. The van der Waals surface area contributed by atoms with E-state index in [1.165, 1.54) is 11.1 Å². The van der Waals surface area contributed by atoms with E-state index in [-0.39, 0.29) is 5.91 Å². The average molecular weight is 438 g/mol. The van der Waals surface area contributed by atoms with Crippen molar-refractivity contribution in [1.29, 1.82) is 0 Å². The molecule has 5 heteroatoms. The van der Waals surface area contributed by atoms with Crippen molar-refractivity contribution in [3.05, 3.63) is 120 Å². The Morgan fingerprint density at radius 3 is 2.55 bits per heavy atom.